The Bertz CT molecular complexity index is 562. The zero-order valence-corrected chi connectivity index (χ0v) is 12.1. The third-order valence-corrected chi connectivity index (χ3v) is 4.18. The van der Waals surface area contributed by atoms with Crippen molar-refractivity contribution < 1.29 is 22.3 Å². The number of hydrogen-bond acceptors (Lipinski definition) is 4. The van der Waals surface area contributed by atoms with Gasteiger partial charge < -0.3 is 4.74 Å². The molecule has 0 aromatic heterocycles. The van der Waals surface area contributed by atoms with E-state index in [1.165, 1.54) is 32.4 Å². The van der Waals surface area contributed by atoms with E-state index in [1.54, 1.807) is 6.07 Å². The van der Waals surface area contributed by atoms with E-state index in [2.05, 4.69) is 9.46 Å². The monoisotopic (exact) mass is 304 g/mol. The summed E-state index contributed by atoms with van der Waals surface area (Å²) >= 11 is 0. The maximum Gasteiger partial charge on any atom is 0.306 e. The maximum absolute atomic E-state index is 13.4. The predicted molar refractivity (Wildman–Crippen MR) is 71.4 cm³/mol. The number of halogens is 1. The number of esters is 1. The van der Waals surface area contributed by atoms with Crippen LogP contribution in [0, 0.1) is 5.82 Å². The van der Waals surface area contributed by atoms with Gasteiger partial charge in [-0.15, -0.1) is 0 Å². The Morgan fingerprint density at radius 1 is 1.40 bits per heavy atom. The van der Waals surface area contributed by atoms with Crippen LogP contribution in [0.1, 0.15) is 12.0 Å². The standard InChI is InChI=1S/C12H17FN2O4S/c1-15(8-7-12(16)19-2)20(17,18)14-9-10-5-3-4-6-11(10)13/h3-6,14H,7-9H2,1-2H3. The number of nitrogens with one attached hydrogen (secondary N) is 1. The van der Waals surface area contributed by atoms with Crippen LogP contribution >= 0.6 is 0 Å². The van der Waals surface area contributed by atoms with Gasteiger partial charge in [0.25, 0.3) is 10.2 Å². The number of carbonyl (C=O) groups excluding carboxylic acids is 1. The van der Waals surface area contributed by atoms with Gasteiger partial charge in [-0.05, 0) is 6.07 Å². The lowest BCUT2D eigenvalue weighted by Gasteiger charge is -2.17. The number of carbonyl (C=O) groups is 1. The van der Waals surface area contributed by atoms with Crippen LogP contribution in [0.5, 0.6) is 0 Å². The van der Waals surface area contributed by atoms with E-state index in [4.69, 9.17) is 0 Å². The summed E-state index contributed by atoms with van der Waals surface area (Å²) in [7, 11) is -1.21. The number of benzene rings is 1. The minimum atomic E-state index is -3.77. The average molecular weight is 304 g/mol. The topological polar surface area (TPSA) is 75.7 Å². The first-order chi connectivity index (χ1) is 9.36. The normalized spacial score (nSPS) is 11.6. The minimum Gasteiger partial charge on any atom is -0.469 e. The Morgan fingerprint density at radius 2 is 2.05 bits per heavy atom. The molecule has 0 unspecified atom stereocenters. The molecule has 1 rings (SSSR count). The van der Waals surface area contributed by atoms with Gasteiger partial charge in [0.05, 0.1) is 13.5 Å². The molecule has 0 atom stereocenters. The Balaban J connectivity index is 2.57. The predicted octanol–water partition coefficient (Wildman–Crippen LogP) is 0.655. The molecule has 1 N–H and O–H groups in total. The fraction of sp³-hybridized carbons (Fsp3) is 0.417. The van der Waals surface area contributed by atoms with Gasteiger partial charge in [0.1, 0.15) is 5.82 Å². The van der Waals surface area contributed by atoms with Crippen molar-refractivity contribution in [3.63, 3.8) is 0 Å². The van der Waals surface area contributed by atoms with Crippen molar-refractivity contribution in [1.29, 1.82) is 0 Å². The summed E-state index contributed by atoms with van der Waals surface area (Å²) in [6, 6.07) is 5.89. The van der Waals surface area contributed by atoms with E-state index in [9.17, 15) is 17.6 Å². The molecule has 0 spiro atoms. The van der Waals surface area contributed by atoms with E-state index < -0.39 is 22.0 Å². The molecule has 112 valence electrons. The molecule has 0 saturated heterocycles. The number of hydrogen-bond donors (Lipinski definition) is 1. The van der Waals surface area contributed by atoms with Crippen LogP contribution in [-0.2, 0) is 26.3 Å². The van der Waals surface area contributed by atoms with Gasteiger partial charge in [0.15, 0.2) is 0 Å². The maximum atomic E-state index is 13.4. The molecular formula is C12H17FN2O4S. The molecule has 0 bridgehead atoms. The van der Waals surface area contributed by atoms with Crippen molar-refractivity contribution in [2.75, 3.05) is 20.7 Å². The molecule has 1 aromatic rings. The molecule has 0 aliphatic heterocycles. The van der Waals surface area contributed by atoms with Crippen LogP contribution < -0.4 is 4.72 Å². The largest absolute Gasteiger partial charge is 0.469 e. The van der Waals surface area contributed by atoms with Crippen LogP contribution in [0.15, 0.2) is 24.3 Å². The highest BCUT2D eigenvalue weighted by Crippen LogP contribution is 2.07. The summed E-state index contributed by atoms with van der Waals surface area (Å²) in [5, 5.41) is 0. The molecular weight excluding hydrogens is 287 g/mol. The highest BCUT2D eigenvalue weighted by atomic mass is 32.2. The van der Waals surface area contributed by atoms with E-state index >= 15 is 0 Å². The van der Waals surface area contributed by atoms with Gasteiger partial charge in [0.2, 0.25) is 0 Å². The number of rotatable bonds is 7. The Hall–Kier alpha value is -1.51. The van der Waals surface area contributed by atoms with Gasteiger partial charge in [-0.1, -0.05) is 18.2 Å². The third-order valence-electron chi connectivity index (χ3n) is 2.67. The summed E-state index contributed by atoms with van der Waals surface area (Å²) in [4.78, 5) is 11.0. The molecule has 0 radical (unpaired) electrons. The Morgan fingerprint density at radius 3 is 2.65 bits per heavy atom. The van der Waals surface area contributed by atoms with Crippen LogP contribution in [0.4, 0.5) is 4.39 Å². The lowest BCUT2D eigenvalue weighted by molar-refractivity contribution is -0.140. The molecule has 8 heteroatoms. The van der Waals surface area contributed by atoms with Gasteiger partial charge in [-0.3, -0.25) is 4.79 Å². The number of ether oxygens (including phenoxy) is 1. The minimum absolute atomic E-state index is 0.0146. The first-order valence-electron chi connectivity index (χ1n) is 5.88. The van der Waals surface area contributed by atoms with E-state index in [0.29, 0.717) is 0 Å². The second-order valence-electron chi connectivity index (χ2n) is 4.07. The molecule has 0 aliphatic rings. The molecule has 6 nitrogen and oxygen atoms in total. The van der Waals surface area contributed by atoms with Crippen molar-refractivity contribution in [3.05, 3.63) is 35.6 Å². The van der Waals surface area contributed by atoms with Crippen LogP contribution in [0.2, 0.25) is 0 Å². The average Bonchev–Trinajstić information content (AvgIpc) is 2.43. The quantitative estimate of drug-likeness (QED) is 0.751. The highest BCUT2D eigenvalue weighted by Gasteiger charge is 2.18. The van der Waals surface area contributed by atoms with E-state index in [1.807, 2.05) is 0 Å². The number of methoxy groups -OCH3 is 1. The summed E-state index contributed by atoms with van der Waals surface area (Å²) in [6.45, 7) is -0.170. The lowest BCUT2D eigenvalue weighted by Crippen LogP contribution is -2.39. The summed E-state index contributed by atoms with van der Waals surface area (Å²) in [6.07, 6.45) is -0.0480. The summed E-state index contributed by atoms with van der Waals surface area (Å²) in [5.41, 5.74) is 0.248. The zero-order chi connectivity index (χ0) is 15.2. The second kappa shape index (κ2) is 7.32. The van der Waals surface area contributed by atoms with Gasteiger partial charge in [-0.25, -0.2) is 4.39 Å². The fourth-order valence-corrected chi connectivity index (χ4v) is 2.28. The summed E-state index contributed by atoms with van der Waals surface area (Å²) in [5.74, 6) is -0.978. The van der Waals surface area contributed by atoms with Crippen molar-refractivity contribution in [3.8, 4) is 0 Å². The van der Waals surface area contributed by atoms with E-state index in [-0.39, 0.29) is 25.1 Å². The lowest BCUT2D eigenvalue weighted by atomic mass is 10.2. The van der Waals surface area contributed by atoms with Crippen molar-refractivity contribution in [1.82, 2.24) is 9.03 Å². The van der Waals surface area contributed by atoms with Gasteiger partial charge in [-0.2, -0.15) is 17.4 Å². The first kappa shape index (κ1) is 16.5. The molecule has 20 heavy (non-hydrogen) atoms. The molecule has 0 aliphatic carbocycles. The zero-order valence-electron chi connectivity index (χ0n) is 11.3. The summed E-state index contributed by atoms with van der Waals surface area (Å²) < 4.78 is 44.7. The molecule has 1 aromatic carbocycles. The highest BCUT2D eigenvalue weighted by molar-refractivity contribution is 7.87. The molecule has 0 fully saturated rings. The van der Waals surface area contributed by atoms with Crippen LogP contribution in [0.25, 0.3) is 0 Å². The Labute approximate surface area is 117 Å². The van der Waals surface area contributed by atoms with Crippen molar-refractivity contribution in [2.24, 2.45) is 0 Å². The third kappa shape index (κ3) is 4.87. The Kier molecular flexibility index (Phi) is 6.05. The second-order valence-corrected chi connectivity index (χ2v) is 5.93. The smallest absolute Gasteiger partial charge is 0.306 e. The van der Waals surface area contributed by atoms with Crippen LogP contribution in [-0.4, -0.2) is 39.4 Å². The van der Waals surface area contributed by atoms with Gasteiger partial charge in [0, 0.05) is 25.7 Å². The van der Waals surface area contributed by atoms with E-state index in [0.717, 1.165) is 4.31 Å². The fourth-order valence-electron chi connectivity index (χ4n) is 1.39. The molecule has 0 amide bonds. The molecule has 0 heterocycles. The van der Waals surface area contributed by atoms with Gasteiger partial charge >= 0.3 is 5.97 Å². The van der Waals surface area contributed by atoms with Crippen molar-refractivity contribution in [2.45, 2.75) is 13.0 Å². The first-order valence-corrected chi connectivity index (χ1v) is 7.32. The SMILES string of the molecule is COC(=O)CCN(C)S(=O)(=O)NCc1ccccc1F. The van der Waals surface area contributed by atoms with Crippen LogP contribution in [0.3, 0.4) is 0 Å². The van der Waals surface area contributed by atoms with Crippen molar-refractivity contribution >= 4 is 16.2 Å². The molecule has 0 saturated carbocycles. The number of nitrogens with zero attached hydrogens (tertiary/aromatic N) is 1.